The van der Waals surface area contributed by atoms with Crippen molar-refractivity contribution in [3.8, 4) is 0 Å². The highest BCUT2D eigenvalue weighted by Gasteiger charge is 2.14. The van der Waals surface area contributed by atoms with Crippen LogP contribution in [0.3, 0.4) is 0 Å². The van der Waals surface area contributed by atoms with E-state index in [0.717, 1.165) is 54.6 Å². The largest absolute Gasteiger partial charge is 0.463 e. The Labute approximate surface area is 159 Å². The molecule has 146 valence electrons. The van der Waals surface area contributed by atoms with Gasteiger partial charge in [0.15, 0.2) is 6.29 Å². The Balaban J connectivity index is 1.59. The summed E-state index contributed by atoms with van der Waals surface area (Å²) in [5.74, 6) is -0.345. The van der Waals surface area contributed by atoms with Crippen LogP contribution < -0.4 is 0 Å². The van der Waals surface area contributed by atoms with Crippen molar-refractivity contribution in [2.45, 2.75) is 52.4 Å². The predicted molar refractivity (Wildman–Crippen MR) is 102 cm³/mol. The van der Waals surface area contributed by atoms with Crippen molar-refractivity contribution in [2.75, 3.05) is 19.8 Å². The zero-order chi connectivity index (χ0) is 19.1. The molecule has 0 bridgehead atoms. The molecule has 1 fully saturated rings. The number of esters is 1. The molecule has 3 rings (SSSR count). The number of nitrogens with zero attached hydrogens (tertiary/aromatic N) is 3. The van der Waals surface area contributed by atoms with E-state index in [1.54, 1.807) is 13.0 Å². The smallest absolute Gasteiger partial charge is 0.330 e. The molecule has 7 heteroatoms. The van der Waals surface area contributed by atoms with Gasteiger partial charge in [0.25, 0.3) is 0 Å². The molecule has 2 heterocycles. The van der Waals surface area contributed by atoms with E-state index in [1.807, 2.05) is 23.7 Å². The molecule has 1 saturated heterocycles. The lowest BCUT2D eigenvalue weighted by Gasteiger charge is -2.22. The normalized spacial score (nSPS) is 17.6. The Bertz CT molecular complexity index is 794. The molecule has 0 N–H and O–H groups in total. The van der Waals surface area contributed by atoms with Crippen molar-refractivity contribution < 1.29 is 19.0 Å². The average Bonchev–Trinajstić information content (AvgIpc) is 3.10. The molecular weight excluding hydrogens is 346 g/mol. The van der Waals surface area contributed by atoms with Gasteiger partial charge in [0.1, 0.15) is 5.52 Å². The van der Waals surface area contributed by atoms with Crippen molar-refractivity contribution in [3.63, 3.8) is 0 Å². The minimum absolute atomic E-state index is 0.0535. The van der Waals surface area contributed by atoms with E-state index in [9.17, 15) is 4.79 Å². The maximum atomic E-state index is 11.5. The summed E-state index contributed by atoms with van der Waals surface area (Å²) in [5.41, 5.74) is 3.75. The molecule has 1 aromatic carbocycles. The van der Waals surface area contributed by atoms with Gasteiger partial charge in [-0.2, -0.15) is 0 Å². The standard InChI is InChI=1S/C20H27N3O4/c1-3-25-18(24)11-9-16-8-10-17-20(15(16)2)21-22-23(17)12-6-14-27-19-7-4-5-13-26-19/h8-11,19H,3-7,12-14H2,1-2H3/b11-9+. The van der Waals surface area contributed by atoms with Gasteiger partial charge < -0.3 is 14.2 Å². The van der Waals surface area contributed by atoms with Crippen LogP contribution in [0.15, 0.2) is 18.2 Å². The summed E-state index contributed by atoms with van der Waals surface area (Å²) >= 11 is 0. The molecule has 0 saturated carbocycles. The van der Waals surface area contributed by atoms with Gasteiger partial charge in [-0.1, -0.05) is 11.3 Å². The highest BCUT2D eigenvalue weighted by Crippen LogP contribution is 2.21. The van der Waals surface area contributed by atoms with E-state index in [4.69, 9.17) is 14.2 Å². The topological polar surface area (TPSA) is 75.5 Å². The van der Waals surface area contributed by atoms with Gasteiger partial charge in [-0.25, -0.2) is 9.48 Å². The predicted octanol–water partition coefficient (Wildman–Crippen LogP) is 3.25. The molecule has 0 spiro atoms. The minimum atomic E-state index is -0.345. The van der Waals surface area contributed by atoms with Gasteiger partial charge in [0, 0.05) is 19.2 Å². The first kappa shape index (κ1) is 19.5. The molecular formula is C20H27N3O4. The quantitative estimate of drug-likeness (QED) is 0.402. The Morgan fingerprint density at radius 3 is 3.07 bits per heavy atom. The van der Waals surface area contributed by atoms with Crippen LogP contribution in [-0.4, -0.2) is 47.1 Å². The maximum Gasteiger partial charge on any atom is 0.330 e. The van der Waals surface area contributed by atoms with E-state index < -0.39 is 0 Å². The number of aromatic nitrogens is 3. The molecule has 1 aromatic heterocycles. The maximum absolute atomic E-state index is 11.5. The second kappa shape index (κ2) is 9.62. The third-order valence-electron chi connectivity index (χ3n) is 4.62. The van der Waals surface area contributed by atoms with Crippen LogP contribution in [0.4, 0.5) is 0 Å². The zero-order valence-corrected chi connectivity index (χ0v) is 16.0. The molecule has 1 aliphatic heterocycles. The Hall–Kier alpha value is -2.25. The van der Waals surface area contributed by atoms with Crippen molar-refractivity contribution in [2.24, 2.45) is 0 Å². The van der Waals surface area contributed by atoms with Crippen molar-refractivity contribution >= 4 is 23.1 Å². The van der Waals surface area contributed by atoms with Crippen molar-refractivity contribution in [1.82, 2.24) is 15.0 Å². The molecule has 7 nitrogen and oxygen atoms in total. The van der Waals surface area contributed by atoms with E-state index in [-0.39, 0.29) is 12.3 Å². The number of ether oxygens (including phenoxy) is 3. The van der Waals surface area contributed by atoms with Gasteiger partial charge in [0.05, 0.1) is 18.7 Å². The van der Waals surface area contributed by atoms with Gasteiger partial charge >= 0.3 is 5.97 Å². The number of fused-ring (bicyclic) bond motifs is 1. The number of benzene rings is 1. The lowest BCUT2D eigenvalue weighted by Crippen LogP contribution is -2.23. The van der Waals surface area contributed by atoms with E-state index in [0.29, 0.717) is 13.2 Å². The molecule has 0 radical (unpaired) electrons. The molecule has 27 heavy (non-hydrogen) atoms. The molecule has 1 atom stereocenters. The van der Waals surface area contributed by atoms with Crippen LogP contribution in [-0.2, 0) is 25.5 Å². The summed E-state index contributed by atoms with van der Waals surface area (Å²) in [5, 5.41) is 8.58. The lowest BCUT2D eigenvalue weighted by molar-refractivity contribution is -0.163. The number of hydrogen-bond acceptors (Lipinski definition) is 6. The first-order valence-electron chi connectivity index (χ1n) is 9.60. The Morgan fingerprint density at radius 1 is 1.41 bits per heavy atom. The van der Waals surface area contributed by atoms with E-state index in [1.165, 1.54) is 12.5 Å². The Morgan fingerprint density at radius 2 is 2.30 bits per heavy atom. The van der Waals surface area contributed by atoms with Crippen molar-refractivity contribution in [1.29, 1.82) is 0 Å². The van der Waals surface area contributed by atoms with Crippen LogP contribution in [0.25, 0.3) is 17.1 Å². The molecule has 2 aromatic rings. The van der Waals surface area contributed by atoms with E-state index >= 15 is 0 Å². The van der Waals surface area contributed by atoms with Crippen LogP contribution >= 0.6 is 0 Å². The monoisotopic (exact) mass is 373 g/mol. The zero-order valence-electron chi connectivity index (χ0n) is 16.0. The van der Waals surface area contributed by atoms with Gasteiger partial charge in [0.2, 0.25) is 0 Å². The highest BCUT2D eigenvalue weighted by molar-refractivity contribution is 5.89. The summed E-state index contributed by atoms with van der Waals surface area (Å²) in [6.07, 6.45) is 7.26. The minimum Gasteiger partial charge on any atom is -0.463 e. The molecule has 0 amide bonds. The summed E-state index contributed by atoms with van der Waals surface area (Å²) in [6.45, 7) is 6.31. The van der Waals surface area contributed by atoms with Gasteiger partial charge in [-0.05, 0) is 62.8 Å². The number of aryl methyl sites for hydroxylation is 2. The summed E-state index contributed by atoms with van der Waals surface area (Å²) in [4.78, 5) is 11.5. The third-order valence-corrected chi connectivity index (χ3v) is 4.62. The Kier molecular flexibility index (Phi) is 6.95. The summed E-state index contributed by atoms with van der Waals surface area (Å²) < 4.78 is 18.2. The molecule has 0 aliphatic carbocycles. The number of rotatable bonds is 8. The van der Waals surface area contributed by atoms with Crippen LogP contribution in [0, 0.1) is 6.92 Å². The molecule has 1 aliphatic rings. The second-order valence-electron chi connectivity index (χ2n) is 6.57. The second-order valence-corrected chi connectivity index (χ2v) is 6.57. The fourth-order valence-corrected chi connectivity index (χ4v) is 3.15. The average molecular weight is 373 g/mol. The van der Waals surface area contributed by atoms with Crippen LogP contribution in [0.1, 0.15) is 43.7 Å². The first-order chi connectivity index (χ1) is 13.2. The summed E-state index contributed by atoms with van der Waals surface area (Å²) in [7, 11) is 0. The number of carbonyl (C=O) groups is 1. The van der Waals surface area contributed by atoms with Crippen molar-refractivity contribution in [3.05, 3.63) is 29.3 Å². The molecule has 1 unspecified atom stereocenters. The van der Waals surface area contributed by atoms with Gasteiger partial charge in [-0.3, -0.25) is 0 Å². The fourth-order valence-electron chi connectivity index (χ4n) is 3.15. The fraction of sp³-hybridized carbons (Fsp3) is 0.550. The van der Waals surface area contributed by atoms with Crippen LogP contribution in [0.5, 0.6) is 0 Å². The SMILES string of the molecule is CCOC(=O)/C=C/c1ccc2c(nnn2CCCOC2CCCCO2)c1C. The highest BCUT2D eigenvalue weighted by atomic mass is 16.7. The number of carbonyl (C=O) groups excluding carboxylic acids is 1. The van der Waals surface area contributed by atoms with E-state index in [2.05, 4.69) is 10.3 Å². The van der Waals surface area contributed by atoms with Gasteiger partial charge in [-0.15, -0.1) is 5.10 Å². The first-order valence-corrected chi connectivity index (χ1v) is 9.60. The summed E-state index contributed by atoms with van der Waals surface area (Å²) in [6, 6.07) is 3.96. The number of hydrogen-bond donors (Lipinski definition) is 0. The lowest BCUT2D eigenvalue weighted by atomic mass is 10.1. The van der Waals surface area contributed by atoms with Crippen LogP contribution in [0.2, 0.25) is 0 Å². The third kappa shape index (κ3) is 5.14.